The molecule has 0 unspecified atom stereocenters. The van der Waals surface area contributed by atoms with Crippen molar-refractivity contribution in [1.82, 2.24) is 4.98 Å². The zero-order valence-corrected chi connectivity index (χ0v) is 8.19. The maximum absolute atomic E-state index is 9.38. The second-order valence-corrected chi connectivity index (χ2v) is 4.02. The number of hydrogen-bond acceptors (Lipinski definition) is 3. The van der Waals surface area contributed by atoms with Gasteiger partial charge in [-0.1, -0.05) is 0 Å². The van der Waals surface area contributed by atoms with E-state index in [-0.39, 0.29) is 6.10 Å². The normalized spacial score (nSPS) is 27.5. The maximum atomic E-state index is 9.38. The van der Waals surface area contributed by atoms with E-state index < -0.39 is 0 Å². The topological polar surface area (TPSA) is 59.1 Å². The van der Waals surface area contributed by atoms with Crippen LogP contribution in [-0.2, 0) is 0 Å². The molecule has 1 fully saturated rings. The first-order valence-electron chi connectivity index (χ1n) is 5.15. The summed E-state index contributed by atoms with van der Waals surface area (Å²) in [5.74, 6) is 0.513. The van der Waals surface area contributed by atoms with Gasteiger partial charge in [0.1, 0.15) is 0 Å². The third-order valence-electron chi connectivity index (χ3n) is 2.92. The third-order valence-corrected chi connectivity index (χ3v) is 2.92. The van der Waals surface area contributed by atoms with Gasteiger partial charge in [-0.2, -0.15) is 0 Å². The highest BCUT2D eigenvalue weighted by Crippen LogP contribution is 2.31. The molecule has 1 heterocycles. The van der Waals surface area contributed by atoms with Crippen LogP contribution in [0.15, 0.2) is 18.3 Å². The number of nitrogen functional groups attached to an aromatic ring is 1. The molecular formula is C11H16N2O. The monoisotopic (exact) mass is 192 g/mol. The molecule has 0 aromatic carbocycles. The lowest BCUT2D eigenvalue weighted by molar-refractivity contribution is 0.122. The van der Waals surface area contributed by atoms with Crippen molar-refractivity contribution in [2.45, 2.75) is 37.7 Å². The number of aliphatic hydroxyl groups excluding tert-OH is 1. The molecule has 3 heteroatoms. The minimum Gasteiger partial charge on any atom is -0.397 e. The highest BCUT2D eigenvalue weighted by molar-refractivity contribution is 5.35. The fourth-order valence-corrected chi connectivity index (χ4v) is 2.03. The quantitative estimate of drug-likeness (QED) is 0.711. The van der Waals surface area contributed by atoms with E-state index in [9.17, 15) is 5.11 Å². The number of rotatable bonds is 1. The average molecular weight is 192 g/mol. The molecule has 1 aromatic rings. The van der Waals surface area contributed by atoms with Crippen LogP contribution in [0, 0.1) is 0 Å². The molecule has 1 aliphatic carbocycles. The van der Waals surface area contributed by atoms with Crippen LogP contribution in [0.3, 0.4) is 0 Å². The number of nitrogens with zero attached hydrogens (tertiary/aromatic N) is 1. The summed E-state index contributed by atoms with van der Waals surface area (Å²) in [6.45, 7) is 0. The summed E-state index contributed by atoms with van der Waals surface area (Å²) in [5.41, 5.74) is 7.41. The first kappa shape index (κ1) is 9.46. The van der Waals surface area contributed by atoms with Gasteiger partial charge >= 0.3 is 0 Å². The molecule has 3 nitrogen and oxygen atoms in total. The Hall–Kier alpha value is -1.09. The van der Waals surface area contributed by atoms with Crippen molar-refractivity contribution in [3.63, 3.8) is 0 Å². The Morgan fingerprint density at radius 2 is 1.93 bits per heavy atom. The lowest BCUT2D eigenvalue weighted by Gasteiger charge is -2.24. The van der Waals surface area contributed by atoms with Gasteiger partial charge in [0, 0.05) is 11.6 Å². The van der Waals surface area contributed by atoms with Crippen molar-refractivity contribution >= 4 is 5.69 Å². The Bertz CT molecular complexity index is 289. The third kappa shape index (κ3) is 2.04. The second kappa shape index (κ2) is 3.96. The van der Waals surface area contributed by atoms with Crippen LogP contribution in [-0.4, -0.2) is 16.2 Å². The largest absolute Gasteiger partial charge is 0.397 e. The van der Waals surface area contributed by atoms with Gasteiger partial charge < -0.3 is 10.8 Å². The molecule has 0 aliphatic heterocycles. The number of aliphatic hydroxyl groups is 1. The minimum absolute atomic E-state index is 0.0972. The molecule has 1 saturated carbocycles. The molecule has 0 radical (unpaired) electrons. The molecule has 3 N–H and O–H groups in total. The summed E-state index contributed by atoms with van der Waals surface area (Å²) in [5, 5.41) is 9.38. The van der Waals surface area contributed by atoms with Gasteiger partial charge in [-0.05, 0) is 37.8 Å². The highest BCUT2D eigenvalue weighted by Gasteiger charge is 2.21. The summed E-state index contributed by atoms with van der Waals surface area (Å²) in [6, 6.07) is 3.89. The van der Waals surface area contributed by atoms with Crippen molar-refractivity contribution < 1.29 is 5.11 Å². The Kier molecular flexibility index (Phi) is 2.68. The lowest BCUT2D eigenvalue weighted by Crippen LogP contribution is -2.17. The molecule has 0 bridgehead atoms. The molecule has 1 aromatic heterocycles. The fraction of sp³-hybridized carbons (Fsp3) is 0.545. The Labute approximate surface area is 84.0 Å². The van der Waals surface area contributed by atoms with Crippen LogP contribution in [0.1, 0.15) is 37.3 Å². The SMILES string of the molecule is Nc1ccc([C@H]2CC[C@H](O)CC2)nc1. The first-order chi connectivity index (χ1) is 6.75. The number of nitrogens with two attached hydrogens (primary N) is 1. The molecule has 14 heavy (non-hydrogen) atoms. The van der Waals surface area contributed by atoms with Gasteiger partial charge in [0.05, 0.1) is 18.0 Å². The average Bonchev–Trinajstić information content (AvgIpc) is 2.21. The Balaban J connectivity index is 2.05. The van der Waals surface area contributed by atoms with E-state index >= 15 is 0 Å². The van der Waals surface area contributed by atoms with Crippen molar-refractivity contribution in [2.75, 3.05) is 5.73 Å². The van der Waals surface area contributed by atoms with Crippen LogP contribution in [0.4, 0.5) is 5.69 Å². The molecule has 0 spiro atoms. The predicted octanol–water partition coefficient (Wildman–Crippen LogP) is 1.68. The summed E-state index contributed by atoms with van der Waals surface area (Å²) < 4.78 is 0. The van der Waals surface area contributed by atoms with Crippen LogP contribution in [0.2, 0.25) is 0 Å². The van der Waals surface area contributed by atoms with Gasteiger partial charge in [-0.25, -0.2) is 0 Å². The standard InChI is InChI=1S/C11H16N2O/c12-9-3-6-11(13-7-9)8-1-4-10(14)5-2-8/h3,6-8,10,14H,1-2,4-5,12H2/t8-,10-. The molecule has 0 saturated heterocycles. The smallest absolute Gasteiger partial charge is 0.0540 e. The van der Waals surface area contributed by atoms with Crippen molar-refractivity contribution in [1.29, 1.82) is 0 Å². The van der Waals surface area contributed by atoms with E-state index in [1.54, 1.807) is 6.20 Å². The van der Waals surface area contributed by atoms with Gasteiger partial charge in [0.2, 0.25) is 0 Å². The number of anilines is 1. The van der Waals surface area contributed by atoms with Crippen LogP contribution in [0.25, 0.3) is 0 Å². The van der Waals surface area contributed by atoms with Crippen LogP contribution >= 0.6 is 0 Å². The van der Waals surface area contributed by atoms with E-state index in [1.165, 1.54) is 0 Å². The van der Waals surface area contributed by atoms with E-state index in [0.29, 0.717) is 11.6 Å². The van der Waals surface area contributed by atoms with Crippen LogP contribution in [0.5, 0.6) is 0 Å². The summed E-state index contributed by atoms with van der Waals surface area (Å²) in [4.78, 5) is 4.32. The van der Waals surface area contributed by atoms with E-state index in [0.717, 1.165) is 31.4 Å². The summed E-state index contributed by atoms with van der Waals surface area (Å²) >= 11 is 0. The molecule has 1 aliphatic rings. The molecule has 76 valence electrons. The summed E-state index contributed by atoms with van der Waals surface area (Å²) in [7, 11) is 0. The number of aromatic nitrogens is 1. The number of hydrogen-bond donors (Lipinski definition) is 2. The maximum Gasteiger partial charge on any atom is 0.0540 e. The molecule has 0 atom stereocenters. The van der Waals surface area contributed by atoms with Gasteiger partial charge in [0.25, 0.3) is 0 Å². The Morgan fingerprint density at radius 3 is 2.50 bits per heavy atom. The summed E-state index contributed by atoms with van der Waals surface area (Å²) in [6.07, 6.45) is 5.49. The van der Waals surface area contributed by atoms with Crippen LogP contribution < -0.4 is 5.73 Å². The molecule has 2 rings (SSSR count). The Morgan fingerprint density at radius 1 is 1.21 bits per heavy atom. The zero-order valence-electron chi connectivity index (χ0n) is 8.19. The van der Waals surface area contributed by atoms with Crippen molar-refractivity contribution in [3.8, 4) is 0 Å². The molecule has 0 amide bonds. The minimum atomic E-state index is -0.0972. The first-order valence-corrected chi connectivity index (χ1v) is 5.15. The van der Waals surface area contributed by atoms with Gasteiger partial charge in [0.15, 0.2) is 0 Å². The lowest BCUT2D eigenvalue weighted by atomic mass is 9.85. The van der Waals surface area contributed by atoms with Crippen molar-refractivity contribution in [3.05, 3.63) is 24.0 Å². The predicted molar refractivity (Wildman–Crippen MR) is 55.9 cm³/mol. The van der Waals surface area contributed by atoms with Gasteiger partial charge in [-0.15, -0.1) is 0 Å². The van der Waals surface area contributed by atoms with E-state index in [4.69, 9.17) is 5.73 Å². The van der Waals surface area contributed by atoms with E-state index in [2.05, 4.69) is 4.98 Å². The number of pyridine rings is 1. The van der Waals surface area contributed by atoms with Gasteiger partial charge in [-0.3, -0.25) is 4.98 Å². The highest BCUT2D eigenvalue weighted by atomic mass is 16.3. The van der Waals surface area contributed by atoms with Crippen molar-refractivity contribution in [2.24, 2.45) is 0 Å². The molecular weight excluding hydrogens is 176 g/mol. The van der Waals surface area contributed by atoms with E-state index in [1.807, 2.05) is 12.1 Å². The second-order valence-electron chi connectivity index (χ2n) is 4.02. The zero-order chi connectivity index (χ0) is 9.97. The fourth-order valence-electron chi connectivity index (χ4n) is 2.03.